The molecule has 0 radical (unpaired) electrons. The van der Waals surface area contributed by atoms with E-state index in [0.717, 1.165) is 11.1 Å². The van der Waals surface area contributed by atoms with E-state index in [4.69, 9.17) is 9.47 Å². The van der Waals surface area contributed by atoms with Gasteiger partial charge < -0.3 is 20.1 Å². The van der Waals surface area contributed by atoms with Crippen LogP contribution in [-0.2, 0) is 20.8 Å². The second-order valence-electron chi connectivity index (χ2n) is 7.90. The zero-order valence-electron chi connectivity index (χ0n) is 20.6. The predicted octanol–water partition coefficient (Wildman–Crippen LogP) is 4.43. The zero-order chi connectivity index (χ0) is 26.8. The molecule has 0 saturated heterocycles. The lowest BCUT2D eigenvalue weighted by Gasteiger charge is -2.13. The highest BCUT2D eigenvalue weighted by molar-refractivity contribution is 9.10. The molecule has 0 saturated carbocycles. The number of carbonyl (C=O) groups excluding carboxylic acids is 3. The number of nitrogens with zero attached hydrogens (tertiary/aromatic N) is 1. The summed E-state index contributed by atoms with van der Waals surface area (Å²) in [6, 6.07) is 18.0. The van der Waals surface area contributed by atoms with Crippen molar-refractivity contribution < 1.29 is 23.9 Å². The first-order chi connectivity index (χ1) is 17.8. The van der Waals surface area contributed by atoms with Crippen molar-refractivity contribution in [1.29, 1.82) is 0 Å². The molecule has 3 N–H and O–H groups in total. The van der Waals surface area contributed by atoms with Gasteiger partial charge in [-0.15, -0.1) is 0 Å². The van der Waals surface area contributed by atoms with Crippen molar-refractivity contribution in [2.24, 2.45) is 5.10 Å². The van der Waals surface area contributed by atoms with Crippen molar-refractivity contribution in [2.45, 2.75) is 20.3 Å². The molecule has 0 aromatic heterocycles. The zero-order valence-corrected chi connectivity index (χ0v) is 22.2. The number of hydrazone groups is 1. The number of halogens is 1. The van der Waals surface area contributed by atoms with E-state index in [1.807, 2.05) is 44.2 Å². The molecular weight excluding hydrogens is 540 g/mol. The van der Waals surface area contributed by atoms with Crippen molar-refractivity contribution in [2.75, 3.05) is 24.4 Å². The van der Waals surface area contributed by atoms with E-state index >= 15 is 0 Å². The number of nitrogens with one attached hydrogen (secondary N) is 3. The summed E-state index contributed by atoms with van der Waals surface area (Å²) in [5.41, 5.74) is 5.95. The van der Waals surface area contributed by atoms with E-state index < -0.39 is 11.8 Å². The van der Waals surface area contributed by atoms with Crippen LogP contribution in [0.25, 0.3) is 0 Å². The maximum absolute atomic E-state index is 12.3. The van der Waals surface area contributed by atoms with Gasteiger partial charge in [-0.3, -0.25) is 14.4 Å². The first-order valence-electron chi connectivity index (χ1n) is 11.4. The normalized spacial score (nSPS) is 10.6. The fourth-order valence-electron chi connectivity index (χ4n) is 3.36. The second kappa shape index (κ2) is 13.2. The van der Waals surface area contributed by atoms with Crippen LogP contribution in [0.15, 0.2) is 70.2 Å². The van der Waals surface area contributed by atoms with Crippen LogP contribution in [0, 0.1) is 6.92 Å². The van der Waals surface area contributed by atoms with Gasteiger partial charge in [-0.05, 0) is 76.3 Å². The quantitative estimate of drug-likeness (QED) is 0.201. The number of benzene rings is 3. The van der Waals surface area contributed by atoms with Gasteiger partial charge in [0.25, 0.3) is 5.91 Å². The lowest BCUT2D eigenvalue weighted by atomic mass is 10.1. The van der Waals surface area contributed by atoms with Crippen LogP contribution in [0.3, 0.4) is 0 Å². The number of para-hydroxylation sites is 1. The van der Waals surface area contributed by atoms with Crippen LogP contribution >= 0.6 is 15.9 Å². The molecule has 0 heterocycles. The van der Waals surface area contributed by atoms with Gasteiger partial charge in [0.15, 0.2) is 18.1 Å². The molecule has 3 aromatic carbocycles. The number of amides is 3. The summed E-state index contributed by atoms with van der Waals surface area (Å²) < 4.78 is 11.6. The number of rotatable bonds is 9. The van der Waals surface area contributed by atoms with Gasteiger partial charge in [-0.1, -0.05) is 37.3 Å². The smallest absolute Gasteiger partial charge is 0.329 e. The molecule has 9 nitrogen and oxygen atoms in total. The third-order valence-electron chi connectivity index (χ3n) is 5.13. The van der Waals surface area contributed by atoms with E-state index in [1.165, 1.54) is 13.3 Å². The van der Waals surface area contributed by atoms with E-state index in [9.17, 15) is 14.4 Å². The molecule has 3 rings (SSSR count). The van der Waals surface area contributed by atoms with Crippen LogP contribution in [0.4, 0.5) is 11.4 Å². The largest absolute Gasteiger partial charge is 0.493 e. The van der Waals surface area contributed by atoms with Crippen LogP contribution < -0.4 is 25.5 Å². The first kappa shape index (κ1) is 27.4. The summed E-state index contributed by atoms with van der Waals surface area (Å²) in [5, 5.41) is 9.21. The number of hydrogen-bond acceptors (Lipinski definition) is 6. The Kier molecular flexibility index (Phi) is 9.79. The van der Waals surface area contributed by atoms with Crippen LogP contribution in [0.2, 0.25) is 0 Å². The number of anilines is 2. The van der Waals surface area contributed by atoms with Crippen LogP contribution in [-0.4, -0.2) is 37.7 Å². The minimum Gasteiger partial charge on any atom is -0.493 e. The molecule has 192 valence electrons. The van der Waals surface area contributed by atoms with E-state index in [0.29, 0.717) is 39.3 Å². The van der Waals surface area contributed by atoms with Crippen molar-refractivity contribution in [1.82, 2.24) is 5.43 Å². The van der Waals surface area contributed by atoms with Crippen LogP contribution in [0.1, 0.15) is 23.6 Å². The highest BCUT2D eigenvalue weighted by Crippen LogP contribution is 2.36. The van der Waals surface area contributed by atoms with E-state index in [-0.39, 0.29) is 12.5 Å². The fraction of sp³-hybridized carbons (Fsp3) is 0.185. The first-order valence-corrected chi connectivity index (χ1v) is 12.2. The molecule has 37 heavy (non-hydrogen) atoms. The molecule has 10 heteroatoms. The van der Waals surface area contributed by atoms with Gasteiger partial charge >= 0.3 is 11.8 Å². The summed E-state index contributed by atoms with van der Waals surface area (Å²) in [6.45, 7) is 3.66. The van der Waals surface area contributed by atoms with Gasteiger partial charge in [-0.2, -0.15) is 5.10 Å². The minimum atomic E-state index is -0.909. The molecule has 0 fully saturated rings. The topological polar surface area (TPSA) is 118 Å². The van der Waals surface area contributed by atoms with E-state index in [2.05, 4.69) is 37.1 Å². The van der Waals surface area contributed by atoms with Gasteiger partial charge in [0.1, 0.15) is 0 Å². The van der Waals surface area contributed by atoms with Crippen molar-refractivity contribution >= 4 is 51.2 Å². The number of aryl methyl sites for hydroxylation is 2. The molecule has 0 bridgehead atoms. The number of methoxy groups -OCH3 is 1. The SMILES string of the molecule is CCc1ccccc1NC(=O)C(=O)N/N=C\c1cc(Br)c(OCC(=O)Nc2cccc(C)c2)c(OC)c1. The summed E-state index contributed by atoms with van der Waals surface area (Å²) in [5.74, 6) is -1.39. The Bertz CT molecular complexity index is 1330. The van der Waals surface area contributed by atoms with Crippen molar-refractivity contribution in [3.63, 3.8) is 0 Å². The summed E-state index contributed by atoms with van der Waals surface area (Å²) in [6.07, 6.45) is 2.07. The predicted molar refractivity (Wildman–Crippen MR) is 146 cm³/mol. The van der Waals surface area contributed by atoms with Gasteiger partial charge in [0, 0.05) is 11.4 Å². The maximum atomic E-state index is 12.3. The average Bonchev–Trinajstić information content (AvgIpc) is 2.88. The third-order valence-corrected chi connectivity index (χ3v) is 5.72. The Morgan fingerprint density at radius 2 is 1.78 bits per heavy atom. The number of carbonyl (C=O) groups is 3. The molecule has 0 aliphatic carbocycles. The van der Waals surface area contributed by atoms with Crippen molar-refractivity contribution in [3.8, 4) is 11.5 Å². The summed E-state index contributed by atoms with van der Waals surface area (Å²) >= 11 is 3.41. The Morgan fingerprint density at radius 1 is 1.00 bits per heavy atom. The Morgan fingerprint density at radius 3 is 2.51 bits per heavy atom. The molecular formula is C27H27BrN4O5. The standard InChI is InChI=1S/C27H27BrN4O5/c1-4-19-9-5-6-11-22(19)31-26(34)27(35)32-29-15-18-13-21(28)25(23(14-18)36-3)37-16-24(33)30-20-10-7-8-17(2)12-20/h5-15H,4,16H2,1-3H3,(H,30,33)(H,31,34)(H,32,35)/b29-15-. The molecule has 0 atom stereocenters. The lowest BCUT2D eigenvalue weighted by Crippen LogP contribution is -2.32. The second-order valence-corrected chi connectivity index (χ2v) is 8.76. The fourth-order valence-corrected chi connectivity index (χ4v) is 3.93. The maximum Gasteiger partial charge on any atom is 0.329 e. The Labute approximate surface area is 223 Å². The average molecular weight is 567 g/mol. The molecule has 0 aliphatic heterocycles. The highest BCUT2D eigenvalue weighted by atomic mass is 79.9. The van der Waals surface area contributed by atoms with Crippen LogP contribution in [0.5, 0.6) is 11.5 Å². The van der Waals surface area contributed by atoms with Gasteiger partial charge in [0.2, 0.25) is 0 Å². The molecule has 3 amide bonds. The highest BCUT2D eigenvalue weighted by Gasteiger charge is 2.15. The molecule has 0 spiro atoms. The van der Waals surface area contributed by atoms with Crippen molar-refractivity contribution in [3.05, 3.63) is 81.8 Å². The monoisotopic (exact) mass is 566 g/mol. The van der Waals surface area contributed by atoms with E-state index in [1.54, 1.807) is 30.3 Å². The molecule has 0 unspecified atom stereocenters. The van der Waals surface area contributed by atoms with Gasteiger partial charge in [-0.25, -0.2) is 5.43 Å². The molecule has 3 aromatic rings. The minimum absolute atomic E-state index is 0.233. The lowest BCUT2D eigenvalue weighted by molar-refractivity contribution is -0.136. The third kappa shape index (κ3) is 7.91. The Balaban J connectivity index is 1.59. The number of hydrogen-bond donors (Lipinski definition) is 3. The number of ether oxygens (including phenoxy) is 2. The molecule has 0 aliphatic rings. The summed E-state index contributed by atoms with van der Waals surface area (Å²) in [7, 11) is 1.46. The Hall–Kier alpha value is -4.18. The summed E-state index contributed by atoms with van der Waals surface area (Å²) in [4.78, 5) is 36.7. The van der Waals surface area contributed by atoms with Gasteiger partial charge in [0.05, 0.1) is 17.8 Å².